The van der Waals surface area contributed by atoms with E-state index in [-0.39, 0.29) is 0 Å². The monoisotopic (exact) mass is 292 g/mol. The van der Waals surface area contributed by atoms with E-state index in [1.54, 1.807) is 0 Å². The zero-order valence-corrected chi connectivity index (χ0v) is 13.9. The van der Waals surface area contributed by atoms with Gasteiger partial charge in [-0.25, -0.2) is 0 Å². The highest BCUT2D eigenvalue weighted by Gasteiger charge is 2.26. The van der Waals surface area contributed by atoms with Gasteiger partial charge in [-0.05, 0) is 18.8 Å². The Hall–Kier alpha value is -1.59. The summed E-state index contributed by atoms with van der Waals surface area (Å²) in [5.74, 6) is 2.73. The highest BCUT2D eigenvalue weighted by Crippen LogP contribution is 2.28. The molecule has 0 saturated heterocycles. The van der Waals surface area contributed by atoms with Crippen LogP contribution >= 0.6 is 0 Å². The Balaban J connectivity index is 2.35. The van der Waals surface area contributed by atoms with Gasteiger partial charge < -0.3 is 15.1 Å². The van der Waals surface area contributed by atoms with Gasteiger partial charge in [-0.1, -0.05) is 26.7 Å². The van der Waals surface area contributed by atoms with Crippen LogP contribution in [-0.4, -0.2) is 48.7 Å². The minimum Gasteiger partial charge on any atom is -0.357 e. The van der Waals surface area contributed by atoms with Crippen molar-refractivity contribution in [1.82, 2.24) is 15.0 Å². The van der Waals surface area contributed by atoms with E-state index in [2.05, 4.69) is 39.0 Å². The van der Waals surface area contributed by atoms with Crippen LogP contribution in [0.25, 0.3) is 0 Å². The number of rotatable bonds is 6. The average Bonchev–Trinajstić information content (AvgIpc) is 2.97. The van der Waals surface area contributed by atoms with Gasteiger partial charge in [-0.3, -0.25) is 0 Å². The molecule has 1 aliphatic carbocycles. The number of anilines is 3. The lowest BCUT2D eigenvalue weighted by Gasteiger charge is -2.31. The predicted molar refractivity (Wildman–Crippen MR) is 88.1 cm³/mol. The van der Waals surface area contributed by atoms with Crippen molar-refractivity contribution in [3.63, 3.8) is 0 Å². The van der Waals surface area contributed by atoms with E-state index in [9.17, 15) is 0 Å². The standard InChI is InChI=1S/C15H28N6/c1-11(2)10-21(12-8-6-7-9-12)15-18-13(16-3)17-14(19-15)20(4)5/h11-12H,6-10H2,1-5H3,(H,16,17,18,19). The summed E-state index contributed by atoms with van der Waals surface area (Å²) in [5, 5.41) is 3.05. The average molecular weight is 292 g/mol. The summed E-state index contributed by atoms with van der Waals surface area (Å²) in [5.41, 5.74) is 0. The molecule has 0 aliphatic heterocycles. The van der Waals surface area contributed by atoms with Crippen LogP contribution in [0.5, 0.6) is 0 Å². The first-order valence-electron chi connectivity index (χ1n) is 7.89. The quantitative estimate of drug-likeness (QED) is 0.869. The van der Waals surface area contributed by atoms with Crippen LogP contribution in [0.3, 0.4) is 0 Å². The summed E-state index contributed by atoms with van der Waals surface area (Å²) >= 11 is 0. The van der Waals surface area contributed by atoms with Gasteiger partial charge in [-0.15, -0.1) is 0 Å². The van der Waals surface area contributed by atoms with Crippen molar-refractivity contribution in [3.8, 4) is 0 Å². The van der Waals surface area contributed by atoms with Crippen LogP contribution in [-0.2, 0) is 0 Å². The molecule has 6 nitrogen and oxygen atoms in total. The van der Waals surface area contributed by atoms with E-state index in [0.29, 0.717) is 23.9 Å². The molecule has 0 aromatic carbocycles. The molecule has 21 heavy (non-hydrogen) atoms. The third-order valence-electron chi connectivity index (χ3n) is 3.82. The van der Waals surface area contributed by atoms with Crippen molar-refractivity contribution in [2.45, 2.75) is 45.6 Å². The molecule has 0 bridgehead atoms. The maximum Gasteiger partial charge on any atom is 0.232 e. The van der Waals surface area contributed by atoms with Crippen molar-refractivity contribution in [1.29, 1.82) is 0 Å². The minimum absolute atomic E-state index is 0.564. The lowest BCUT2D eigenvalue weighted by Crippen LogP contribution is -2.38. The predicted octanol–water partition coefficient (Wildman–Crippen LogP) is 2.38. The lowest BCUT2D eigenvalue weighted by atomic mass is 10.1. The summed E-state index contributed by atoms with van der Waals surface area (Å²) in [6, 6.07) is 0.564. The number of hydrogen-bond acceptors (Lipinski definition) is 6. The second kappa shape index (κ2) is 6.91. The summed E-state index contributed by atoms with van der Waals surface area (Å²) in [6.45, 7) is 5.48. The van der Waals surface area contributed by atoms with Gasteiger partial charge in [0, 0.05) is 33.7 Å². The summed E-state index contributed by atoms with van der Waals surface area (Å²) in [7, 11) is 5.77. The van der Waals surface area contributed by atoms with Gasteiger partial charge in [-0.2, -0.15) is 15.0 Å². The third-order valence-corrected chi connectivity index (χ3v) is 3.82. The number of nitrogens with zero attached hydrogens (tertiary/aromatic N) is 5. The topological polar surface area (TPSA) is 57.2 Å². The van der Waals surface area contributed by atoms with E-state index in [4.69, 9.17) is 0 Å². The molecule has 1 aromatic heterocycles. The fourth-order valence-electron chi connectivity index (χ4n) is 2.80. The molecule has 1 fully saturated rings. The Morgan fingerprint density at radius 3 is 2.24 bits per heavy atom. The smallest absolute Gasteiger partial charge is 0.232 e. The maximum atomic E-state index is 4.67. The van der Waals surface area contributed by atoms with Crippen molar-refractivity contribution < 1.29 is 0 Å². The summed E-state index contributed by atoms with van der Waals surface area (Å²) < 4.78 is 0. The molecule has 1 aliphatic rings. The first-order valence-corrected chi connectivity index (χ1v) is 7.89. The summed E-state index contributed by atoms with van der Waals surface area (Å²) in [6.07, 6.45) is 5.10. The Kier molecular flexibility index (Phi) is 5.20. The lowest BCUT2D eigenvalue weighted by molar-refractivity contribution is 0.525. The highest BCUT2D eigenvalue weighted by atomic mass is 15.4. The first-order chi connectivity index (χ1) is 10.0. The van der Waals surface area contributed by atoms with E-state index >= 15 is 0 Å². The molecule has 2 rings (SSSR count). The Bertz CT molecular complexity index is 453. The van der Waals surface area contributed by atoms with Gasteiger partial charge >= 0.3 is 0 Å². The molecule has 0 amide bonds. The minimum atomic E-state index is 0.564. The fraction of sp³-hybridized carbons (Fsp3) is 0.800. The molecule has 1 saturated carbocycles. The summed E-state index contributed by atoms with van der Waals surface area (Å²) in [4.78, 5) is 18.0. The molecular weight excluding hydrogens is 264 g/mol. The van der Waals surface area contributed by atoms with Gasteiger partial charge in [0.15, 0.2) is 0 Å². The highest BCUT2D eigenvalue weighted by molar-refractivity contribution is 5.45. The zero-order chi connectivity index (χ0) is 15.4. The Labute approximate surface area is 128 Å². The third kappa shape index (κ3) is 3.95. The molecule has 118 valence electrons. The van der Waals surface area contributed by atoms with Gasteiger partial charge in [0.25, 0.3) is 0 Å². The van der Waals surface area contributed by atoms with E-state index in [1.165, 1.54) is 25.7 Å². The van der Waals surface area contributed by atoms with Crippen LogP contribution in [0, 0.1) is 5.92 Å². The molecule has 0 spiro atoms. The van der Waals surface area contributed by atoms with Crippen molar-refractivity contribution in [2.75, 3.05) is 42.8 Å². The molecule has 1 aromatic rings. The second-order valence-corrected chi connectivity index (χ2v) is 6.39. The second-order valence-electron chi connectivity index (χ2n) is 6.39. The first kappa shape index (κ1) is 15.8. The largest absolute Gasteiger partial charge is 0.357 e. The van der Waals surface area contributed by atoms with Gasteiger partial charge in [0.2, 0.25) is 17.8 Å². The molecule has 1 N–H and O–H groups in total. The van der Waals surface area contributed by atoms with Crippen molar-refractivity contribution in [3.05, 3.63) is 0 Å². The van der Waals surface area contributed by atoms with E-state index < -0.39 is 0 Å². The number of nitrogens with one attached hydrogen (secondary N) is 1. The van der Waals surface area contributed by atoms with E-state index in [0.717, 1.165) is 12.5 Å². The maximum absolute atomic E-state index is 4.67. The number of hydrogen-bond donors (Lipinski definition) is 1. The van der Waals surface area contributed by atoms with Crippen LogP contribution < -0.4 is 15.1 Å². The normalized spacial score (nSPS) is 15.5. The Morgan fingerprint density at radius 1 is 1.10 bits per heavy atom. The SMILES string of the molecule is CNc1nc(N(C)C)nc(N(CC(C)C)C2CCCC2)n1. The molecule has 6 heteroatoms. The van der Waals surface area contributed by atoms with Crippen LogP contribution in [0.2, 0.25) is 0 Å². The zero-order valence-electron chi connectivity index (χ0n) is 13.9. The van der Waals surface area contributed by atoms with Gasteiger partial charge in [0.1, 0.15) is 0 Å². The van der Waals surface area contributed by atoms with Crippen molar-refractivity contribution >= 4 is 17.8 Å². The molecular formula is C15H28N6. The number of aromatic nitrogens is 3. The molecule has 0 radical (unpaired) electrons. The van der Waals surface area contributed by atoms with E-state index in [1.807, 2.05) is 26.0 Å². The molecule has 0 unspecified atom stereocenters. The van der Waals surface area contributed by atoms with Crippen molar-refractivity contribution in [2.24, 2.45) is 5.92 Å². The molecule has 1 heterocycles. The fourth-order valence-corrected chi connectivity index (χ4v) is 2.80. The van der Waals surface area contributed by atoms with Gasteiger partial charge in [0.05, 0.1) is 0 Å². The molecule has 0 atom stereocenters. The van der Waals surface area contributed by atoms with Crippen LogP contribution in [0.15, 0.2) is 0 Å². The van der Waals surface area contributed by atoms with Crippen LogP contribution in [0.1, 0.15) is 39.5 Å². The Morgan fingerprint density at radius 2 is 1.71 bits per heavy atom. The van der Waals surface area contributed by atoms with Crippen LogP contribution in [0.4, 0.5) is 17.8 Å².